The minimum atomic E-state index is -5.41. The molecule has 0 bridgehead atoms. The third kappa shape index (κ3) is 16.7. The van der Waals surface area contributed by atoms with Gasteiger partial charge in [-0.25, -0.2) is 28.1 Å². The van der Waals surface area contributed by atoms with E-state index in [1.54, 1.807) is 0 Å². The van der Waals surface area contributed by atoms with Crippen LogP contribution < -0.4 is 33.9 Å². The maximum atomic E-state index is 13.9. The summed E-state index contributed by atoms with van der Waals surface area (Å²) in [6, 6.07) is 4.21. The number of rotatable bonds is 24. The van der Waals surface area contributed by atoms with E-state index in [9.17, 15) is 66.7 Å². The first-order valence-electron chi connectivity index (χ1n) is 23.2. The molecule has 0 spiro atoms. The van der Waals surface area contributed by atoms with E-state index >= 15 is 0 Å². The van der Waals surface area contributed by atoms with E-state index in [1.165, 1.54) is 37.6 Å². The zero-order valence-corrected chi connectivity index (χ0v) is 44.0. The van der Waals surface area contributed by atoms with Crippen LogP contribution in [0.3, 0.4) is 0 Å². The molecule has 0 aliphatic carbocycles. The number of hydrogen-bond acceptors (Lipinski definition) is 21. The molecule has 0 amide bonds. The lowest BCUT2D eigenvalue weighted by molar-refractivity contribution is -0.0564. The van der Waals surface area contributed by atoms with Gasteiger partial charge >= 0.3 is 48.1 Å². The highest BCUT2D eigenvalue weighted by molar-refractivity contribution is 7.52. The fourth-order valence-electron chi connectivity index (χ4n) is 8.24. The van der Waals surface area contributed by atoms with Crippen LogP contribution in [0.4, 0.5) is 5.82 Å². The smallest absolute Gasteiger partial charge is 0.467 e. The molecule has 0 aromatic carbocycles. The summed E-state index contributed by atoms with van der Waals surface area (Å²) in [6.07, 6.45) is -1.46. The average molecular weight is 1160 g/mol. The molecule has 3 aliphatic heterocycles. The van der Waals surface area contributed by atoms with Crippen molar-refractivity contribution in [1.29, 1.82) is 0 Å². The summed E-state index contributed by atoms with van der Waals surface area (Å²) in [7, 11) is -20.4. The molecular formula is C42H53N7O24P4. The molecule has 3 saturated heterocycles. The van der Waals surface area contributed by atoms with Gasteiger partial charge in [-0.2, -0.15) is 4.98 Å². The Bertz CT molecular complexity index is 3360. The molecule has 4 aromatic heterocycles. The Morgan fingerprint density at radius 2 is 1.34 bits per heavy atom. The SMILES string of the molecule is C#CCCCCC#Cc1cn([C@H]2CC(OP(=O)(O)OC[C@H]3O[C@@H](n4cc(C)c(=O)[nH]c4=O)CC3OP(=O)(O)OCc3ccco3)[C@@H](COP(=O)(O)CC3C[C@H](n4ccc(N)nc4=O)O[C@@H]3COP(=O)(O)O)O2)c(=O)[nH]c1=O. The van der Waals surface area contributed by atoms with Crippen molar-refractivity contribution in [3.8, 4) is 24.2 Å². The van der Waals surface area contributed by atoms with E-state index in [0.717, 1.165) is 26.1 Å². The first-order chi connectivity index (χ1) is 36.3. The number of phosphoric ester groups is 3. The minimum Gasteiger partial charge on any atom is -0.467 e. The standard InChI is InChI=1S/C42H53N7O24P4/c1-3-4-5-6-7-8-10-26-19-49(42(54)46-39(26)51)37-17-29(32(70-37)22-65-74(55,56)24-27-15-35(47-13-12-34(43)44-40(47)52)69-31(27)21-66-75(57,58)59)73-77(62,63)68-23-33-30(72-76(60,61)67-20-28-11-9-14-64-28)16-36(71-33)48-18-25(2)38(50)45-41(48)53/h1,9,11-14,18-19,27,29-33,35-37H,4-7,15-17,20-24H2,2H3,(H,55,56)(H,60,61)(H,62,63)(H2,43,44,52)(H,45,50,53)(H,46,51,54)(H2,57,58,59)/t27?,29?,30?,31-,32-,33-,35-,36-,37-/m1/s1. The van der Waals surface area contributed by atoms with Gasteiger partial charge in [0, 0.05) is 55.8 Å². The van der Waals surface area contributed by atoms with Crippen LogP contribution in [-0.2, 0) is 66.2 Å². The van der Waals surface area contributed by atoms with Gasteiger partial charge in [0.25, 0.3) is 11.1 Å². The molecule has 7 heterocycles. The molecule has 3 fully saturated rings. The highest BCUT2D eigenvalue weighted by Gasteiger charge is 2.48. The Morgan fingerprint density at radius 3 is 1.96 bits per heavy atom. The molecule has 3 aliphatic rings. The van der Waals surface area contributed by atoms with Gasteiger partial charge in [0.2, 0.25) is 0 Å². The van der Waals surface area contributed by atoms with Crippen molar-refractivity contribution in [3.05, 3.63) is 112 Å². The molecule has 35 heteroatoms. The molecule has 7 rings (SSSR count). The number of nitrogens with two attached hydrogens (primary N) is 1. The quantitative estimate of drug-likeness (QED) is 0.0279. The van der Waals surface area contributed by atoms with Gasteiger partial charge in [0.1, 0.15) is 66.8 Å². The predicted molar refractivity (Wildman–Crippen MR) is 261 cm³/mol. The Morgan fingerprint density at radius 1 is 0.753 bits per heavy atom. The number of furan rings is 1. The number of unbranched alkanes of at least 4 members (excludes halogenated alkanes) is 3. The van der Waals surface area contributed by atoms with Crippen LogP contribution in [0.15, 0.2) is 71.4 Å². The van der Waals surface area contributed by atoms with E-state index in [2.05, 4.69) is 37.2 Å². The third-order valence-electron chi connectivity index (χ3n) is 11.9. The molecule has 0 saturated carbocycles. The van der Waals surface area contributed by atoms with Crippen LogP contribution in [0.1, 0.15) is 80.5 Å². The maximum Gasteiger partial charge on any atom is 0.472 e. The van der Waals surface area contributed by atoms with Crippen LogP contribution in [0.25, 0.3) is 0 Å². The summed E-state index contributed by atoms with van der Waals surface area (Å²) in [4.78, 5) is 123. The predicted octanol–water partition coefficient (Wildman–Crippen LogP) is 1.37. The lowest BCUT2D eigenvalue weighted by Crippen LogP contribution is -2.33. The monoisotopic (exact) mass is 1160 g/mol. The third-order valence-corrected chi connectivity index (χ3v) is 15.9. The second-order valence-electron chi connectivity index (χ2n) is 17.6. The van der Waals surface area contributed by atoms with Gasteiger partial charge in [0.15, 0.2) is 0 Å². The first-order valence-corrected chi connectivity index (χ1v) is 29.5. The summed E-state index contributed by atoms with van der Waals surface area (Å²) in [5.74, 6) is 6.92. The zero-order chi connectivity index (χ0) is 55.9. The average Bonchev–Trinajstić information content (AvgIpc) is 4.19. The molecule has 4 aromatic rings. The number of aromatic nitrogens is 6. The summed E-state index contributed by atoms with van der Waals surface area (Å²) < 4.78 is 110. The van der Waals surface area contributed by atoms with Crippen LogP contribution in [-0.4, -0.2) is 110 Å². The number of hydrogen-bond donors (Lipinski definition) is 8. The molecule has 0 radical (unpaired) electrons. The molecule has 9 N–H and O–H groups in total. The van der Waals surface area contributed by atoms with Gasteiger partial charge in [-0.05, 0) is 44.4 Å². The fourth-order valence-corrected chi connectivity index (χ4v) is 11.9. The van der Waals surface area contributed by atoms with Crippen molar-refractivity contribution in [1.82, 2.24) is 28.7 Å². The van der Waals surface area contributed by atoms with E-state index in [-0.39, 0.29) is 29.1 Å². The maximum absolute atomic E-state index is 13.9. The first kappa shape index (κ1) is 59.5. The number of nitrogens with one attached hydrogen (secondary N) is 2. The number of phosphoric acid groups is 3. The normalized spacial score (nSPS) is 25.8. The van der Waals surface area contributed by atoms with E-state index in [1.807, 2.05) is 0 Å². The van der Waals surface area contributed by atoms with E-state index < -0.39 is 160 Å². The summed E-state index contributed by atoms with van der Waals surface area (Å²) in [5.41, 5.74) is 1.07. The minimum absolute atomic E-state index is 0.0741. The second kappa shape index (κ2) is 25.3. The highest BCUT2D eigenvalue weighted by Crippen LogP contribution is 2.54. The van der Waals surface area contributed by atoms with Crippen molar-refractivity contribution in [3.63, 3.8) is 0 Å². The number of aryl methyl sites for hydroxylation is 1. The topological polar surface area (TPSA) is 436 Å². The lowest BCUT2D eigenvalue weighted by Gasteiger charge is -2.25. The number of H-pyrrole nitrogens is 2. The van der Waals surface area contributed by atoms with E-state index in [0.29, 0.717) is 25.7 Å². The molecular weight excluding hydrogens is 1110 g/mol. The van der Waals surface area contributed by atoms with Crippen molar-refractivity contribution in [2.45, 2.75) is 108 Å². The summed E-state index contributed by atoms with van der Waals surface area (Å²) in [5, 5.41) is 0. The summed E-state index contributed by atoms with van der Waals surface area (Å²) >= 11 is 0. The number of terminal acetylenes is 1. The largest absolute Gasteiger partial charge is 0.472 e. The Balaban J connectivity index is 1.11. The van der Waals surface area contributed by atoms with Crippen LogP contribution in [0, 0.1) is 37.0 Å². The van der Waals surface area contributed by atoms with Crippen LogP contribution in [0.2, 0.25) is 0 Å². The van der Waals surface area contributed by atoms with Crippen molar-refractivity contribution in [2.24, 2.45) is 5.92 Å². The zero-order valence-electron chi connectivity index (χ0n) is 40.4. The van der Waals surface area contributed by atoms with Crippen molar-refractivity contribution < 1.29 is 88.5 Å². The van der Waals surface area contributed by atoms with Crippen molar-refractivity contribution >= 4 is 36.9 Å². The summed E-state index contributed by atoms with van der Waals surface area (Å²) in [6.45, 7) is -1.85. The Hall–Kier alpha value is -5.20. The van der Waals surface area contributed by atoms with E-state index in [4.69, 9.17) is 53.4 Å². The number of nitrogens with zero attached hydrogens (tertiary/aromatic N) is 4. The van der Waals surface area contributed by atoms with Gasteiger partial charge in [-0.3, -0.25) is 60.4 Å². The lowest BCUT2D eigenvalue weighted by atomic mass is 10.0. The van der Waals surface area contributed by atoms with Gasteiger partial charge in [-0.15, -0.1) is 12.3 Å². The van der Waals surface area contributed by atoms with Crippen molar-refractivity contribution in [2.75, 3.05) is 31.7 Å². The highest BCUT2D eigenvalue weighted by atomic mass is 31.2. The molecule has 420 valence electrons. The van der Waals surface area contributed by atoms with Crippen LogP contribution >= 0.6 is 31.1 Å². The number of anilines is 1. The molecule has 77 heavy (non-hydrogen) atoms. The van der Waals surface area contributed by atoms with Gasteiger partial charge < -0.3 is 53.4 Å². The number of aromatic amines is 2. The number of ether oxygens (including phenoxy) is 3. The van der Waals surface area contributed by atoms with Gasteiger partial charge in [0.05, 0.1) is 38.3 Å². The van der Waals surface area contributed by atoms with Gasteiger partial charge in [-0.1, -0.05) is 11.8 Å². The number of nitrogen functional groups attached to an aromatic ring is 1. The molecule has 12 atom stereocenters. The van der Waals surface area contributed by atoms with Crippen LogP contribution in [0.5, 0.6) is 0 Å². The molecule has 6 unspecified atom stereocenters. The molecule has 31 nitrogen and oxygen atoms in total. The Labute approximate surface area is 434 Å². The second-order valence-corrected chi connectivity index (χ2v) is 23.5. The fraction of sp³-hybridized carbons (Fsp3) is 0.524. The Kier molecular flexibility index (Phi) is 19.5.